The number of nitrogens with one attached hydrogen (secondary N) is 1. The van der Waals surface area contributed by atoms with E-state index in [9.17, 15) is 22.8 Å². The number of alkyl halides is 3. The molecule has 0 radical (unpaired) electrons. The van der Waals surface area contributed by atoms with Gasteiger partial charge in [-0.2, -0.15) is 18.2 Å². The predicted octanol–water partition coefficient (Wildman–Crippen LogP) is 2.95. The van der Waals surface area contributed by atoms with Crippen LogP contribution in [-0.4, -0.2) is 54.4 Å². The van der Waals surface area contributed by atoms with E-state index in [0.29, 0.717) is 37.8 Å². The molecule has 3 aliphatic heterocycles. The molecule has 2 amide bonds. The molecule has 1 N–H and O–H groups in total. The number of halogens is 3. The van der Waals surface area contributed by atoms with Crippen molar-refractivity contribution in [3.8, 4) is 0 Å². The number of morpholine rings is 1. The minimum Gasteiger partial charge on any atom is -0.378 e. The molecule has 1 saturated heterocycles. The number of nitrogens with zero attached hydrogens (tertiary/aromatic N) is 3. The molecule has 31 heavy (non-hydrogen) atoms. The summed E-state index contributed by atoms with van der Waals surface area (Å²) in [5.41, 5.74) is -1.70. The molecule has 1 fully saturated rings. The van der Waals surface area contributed by atoms with Gasteiger partial charge in [0.25, 0.3) is 11.8 Å². The maximum atomic E-state index is 13.4. The van der Waals surface area contributed by atoms with Crippen LogP contribution in [0.1, 0.15) is 18.9 Å². The van der Waals surface area contributed by atoms with Gasteiger partial charge >= 0.3 is 6.18 Å². The second kappa shape index (κ2) is 7.84. The van der Waals surface area contributed by atoms with E-state index < -0.39 is 29.1 Å². The molecule has 0 bridgehead atoms. The van der Waals surface area contributed by atoms with E-state index in [1.165, 1.54) is 6.07 Å². The molecule has 1 unspecified atom stereocenters. The van der Waals surface area contributed by atoms with Crippen molar-refractivity contribution in [1.29, 1.82) is 0 Å². The second-order valence-corrected chi connectivity index (χ2v) is 7.67. The molecule has 0 spiro atoms. The zero-order valence-corrected chi connectivity index (χ0v) is 16.8. The Hall–Kier alpha value is -3.14. The lowest BCUT2D eigenvalue weighted by Gasteiger charge is -2.42. The van der Waals surface area contributed by atoms with Crippen LogP contribution in [0.15, 0.2) is 47.6 Å². The van der Waals surface area contributed by atoms with E-state index >= 15 is 0 Å². The topological polar surface area (TPSA) is 74.2 Å². The minimum absolute atomic E-state index is 0.0380. The number of amides is 2. The fourth-order valence-electron chi connectivity index (χ4n) is 3.83. The molecule has 3 aliphatic rings. The van der Waals surface area contributed by atoms with Crippen molar-refractivity contribution >= 4 is 29.0 Å². The van der Waals surface area contributed by atoms with E-state index in [-0.39, 0.29) is 12.1 Å². The molecule has 1 atom stereocenters. The van der Waals surface area contributed by atoms with Gasteiger partial charge < -0.3 is 19.9 Å². The molecular formula is C21H21F3N4O3. The fraction of sp³-hybridized carbons (Fsp3) is 0.381. The Balaban J connectivity index is 1.69. The third kappa shape index (κ3) is 4.07. The molecule has 7 nitrogen and oxygen atoms in total. The molecule has 10 heteroatoms. The Bertz CT molecular complexity index is 996. The van der Waals surface area contributed by atoms with Crippen molar-refractivity contribution in [2.24, 2.45) is 4.99 Å². The van der Waals surface area contributed by atoms with E-state index in [2.05, 4.69) is 10.3 Å². The van der Waals surface area contributed by atoms with E-state index in [1.807, 2.05) is 4.90 Å². The number of allylic oxidation sites excluding steroid dienone is 2. The first kappa shape index (κ1) is 21.1. The summed E-state index contributed by atoms with van der Waals surface area (Å²) < 4.78 is 45.4. The number of ether oxygens (including phenoxy) is 1. The number of rotatable bonds is 3. The highest BCUT2D eigenvalue weighted by Gasteiger charge is 2.45. The number of carbonyl (C=O) groups excluding carboxylic acids is 2. The average molecular weight is 434 g/mol. The number of amidine groups is 1. The van der Waals surface area contributed by atoms with Crippen molar-refractivity contribution < 1.29 is 27.5 Å². The van der Waals surface area contributed by atoms with Crippen molar-refractivity contribution in [1.82, 2.24) is 4.90 Å². The monoisotopic (exact) mass is 434 g/mol. The summed E-state index contributed by atoms with van der Waals surface area (Å²) in [5.74, 6) is -0.753. The first-order valence-electron chi connectivity index (χ1n) is 9.80. The van der Waals surface area contributed by atoms with E-state index in [0.717, 1.165) is 12.1 Å². The van der Waals surface area contributed by atoms with Crippen molar-refractivity contribution in [3.63, 3.8) is 0 Å². The summed E-state index contributed by atoms with van der Waals surface area (Å²) in [6.45, 7) is 3.41. The summed E-state index contributed by atoms with van der Waals surface area (Å²) in [6.07, 6.45) is 1.85. The van der Waals surface area contributed by atoms with Gasteiger partial charge in [0.1, 0.15) is 11.4 Å². The van der Waals surface area contributed by atoms with Crippen LogP contribution in [0.2, 0.25) is 0 Å². The molecule has 3 heterocycles. The minimum atomic E-state index is -4.56. The number of hydrogen-bond donors (Lipinski definition) is 1. The summed E-state index contributed by atoms with van der Waals surface area (Å²) in [7, 11) is 0. The number of aliphatic imine (C=N–C) groups is 1. The SMILES string of the molecule is CC1(C(=O)Nc2cc(C(F)(F)F)ccc2N2CCOCC2)CC(=O)N=C2C=CC=CN21. The average Bonchev–Trinajstić information content (AvgIpc) is 2.73. The summed E-state index contributed by atoms with van der Waals surface area (Å²) in [4.78, 5) is 32.9. The Morgan fingerprint density at radius 2 is 1.97 bits per heavy atom. The predicted molar refractivity (Wildman–Crippen MR) is 109 cm³/mol. The van der Waals surface area contributed by atoms with Gasteiger partial charge in [-0.1, -0.05) is 6.08 Å². The molecule has 0 saturated carbocycles. The van der Waals surface area contributed by atoms with Crippen LogP contribution >= 0.6 is 0 Å². The third-order valence-electron chi connectivity index (χ3n) is 5.52. The smallest absolute Gasteiger partial charge is 0.378 e. The van der Waals surface area contributed by atoms with Crippen molar-refractivity contribution in [2.75, 3.05) is 36.5 Å². The van der Waals surface area contributed by atoms with Crippen molar-refractivity contribution in [2.45, 2.75) is 25.1 Å². The Morgan fingerprint density at radius 1 is 1.23 bits per heavy atom. The molecule has 1 aromatic rings. The van der Waals surface area contributed by atoms with Gasteiger partial charge in [-0.3, -0.25) is 9.59 Å². The van der Waals surface area contributed by atoms with Gasteiger partial charge in [0.2, 0.25) is 0 Å². The Kier molecular flexibility index (Phi) is 5.34. The van der Waals surface area contributed by atoms with Crippen LogP contribution in [0.3, 0.4) is 0 Å². The molecule has 1 aromatic carbocycles. The molecule has 0 aliphatic carbocycles. The van der Waals surface area contributed by atoms with Gasteiger partial charge in [0.05, 0.1) is 36.6 Å². The van der Waals surface area contributed by atoms with Crippen LogP contribution in [0.4, 0.5) is 24.5 Å². The number of carbonyl (C=O) groups is 2. The number of fused-ring (bicyclic) bond motifs is 1. The maximum absolute atomic E-state index is 13.4. The van der Waals surface area contributed by atoms with Crippen LogP contribution in [0.5, 0.6) is 0 Å². The van der Waals surface area contributed by atoms with Gasteiger partial charge in [-0.15, -0.1) is 0 Å². The molecule has 4 rings (SSSR count). The highest BCUT2D eigenvalue weighted by Crippen LogP contribution is 2.37. The quantitative estimate of drug-likeness (QED) is 0.792. The largest absolute Gasteiger partial charge is 0.416 e. The number of anilines is 2. The summed E-state index contributed by atoms with van der Waals surface area (Å²) in [6, 6.07) is 3.28. The van der Waals surface area contributed by atoms with E-state index in [4.69, 9.17) is 4.74 Å². The lowest BCUT2D eigenvalue weighted by atomic mass is 9.91. The van der Waals surface area contributed by atoms with E-state index in [1.54, 1.807) is 36.3 Å². The van der Waals surface area contributed by atoms with Crippen molar-refractivity contribution in [3.05, 3.63) is 48.2 Å². The van der Waals surface area contributed by atoms with Crippen LogP contribution in [-0.2, 0) is 20.5 Å². The first-order valence-corrected chi connectivity index (χ1v) is 9.80. The third-order valence-corrected chi connectivity index (χ3v) is 5.52. The summed E-state index contributed by atoms with van der Waals surface area (Å²) in [5, 5.41) is 2.66. The second-order valence-electron chi connectivity index (χ2n) is 7.67. The van der Waals surface area contributed by atoms with Gasteiger partial charge in [0.15, 0.2) is 0 Å². The molecule has 0 aromatic heterocycles. The van der Waals surface area contributed by atoms with Gasteiger partial charge in [-0.05, 0) is 37.3 Å². The Morgan fingerprint density at radius 3 is 2.68 bits per heavy atom. The zero-order chi connectivity index (χ0) is 22.2. The summed E-state index contributed by atoms with van der Waals surface area (Å²) >= 11 is 0. The van der Waals surface area contributed by atoms with Gasteiger partial charge in [-0.25, -0.2) is 0 Å². The molecular weight excluding hydrogens is 413 g/mol. The first-order chi connectivity index (χ1) is 14.7. The standard InChI is InChI=1S/C21H21F3N4O3/c1-20(13-18(29)26-17-4-2-3-7-28(17)20)19(30)25-15-12-14(21(22,23)24)5-6-16(15)27-8-10-31-11-9-27/h2-7,12H,8-11,13H2,1H3,(H,25,30). The van der Waals surface area contributed by atoms with Crippen LogP contribution in [0, 0.1) is 0 Å². The fourth-order valence-corrected chi connectivity index (χ4v) is 3.83. The Labute approximate surface area is 176 Å². The number of benzene rings is 1. The highest BCUT2D eigenvalue weighted by atomic mass is 19.4. The number of hydrogen-bond acceptors (Lipinski definition) is 5. The maximum Gasteiger partial charge on any atom is 0.416 e. The zero-order valence-electron chi connectivity index (χ0n) is 16.8. The normalized spacial score (nSPS) is 23.5. The lowest BCUT2D eigenvalue weighted by molar-refractivity contribution is -0.137. The van der Waals surface area contributed by atoms with Crippen LogP contribution in [0.25, 0.3) is 0 Å². The lowest BCUT2D eigenvalue weighted by Crippen LogP contribution is -2.58. The van der Waals surface area contributed by atoms with Crippen LogP contribution < -0.4 is 10.2 Å². The molecule has 164 valence electrons. The van der Waals surface area contributed by atoms with Gasteiger partial charge in [0, 0.05) is 19.3 Å². The highest BCUT2D eigenvalue weighted by molar-refractivity contribution is 6.12.